The summed E-state index contributed by atoms with van der Waals surface area (Å²) in [4.78, 5) is 15.1. The van der Waals surface area contributed by atoms with Crippen molar-refractivity contribution in [2.24, 2.45) is 0 Å². The minimum Gasteiger partial charge on any atom is -0.383 e. The van der Waals surface area contributed by atoms with Crippen LogP contribution < -0.4 is 0 Å². The third-order valence-corrected chi connectivity index (χ3v) is 4.80. The second-order valence-electron chi connectivity index (χ2n) is 5.53. The number of rotatable bonds is 5. The largest absolute Gasteiger partial charge is 0.383 e. The molecule has 2 unspecified atom stereocenters. The number of nitrogens with zero attached hydrogens (tertiary/aromatic N) is 3. The highest BCUT2D eigenvalue weighted by Crippen LogP contribution is 2.26. The lowest BCUT2D eigenvalue weighted by Gasteiger charge is -2.34. The molecule has 0 saturated carbocycles. The van der Waals surface area contributed by atoms with Crippen LogP contribution in [0, 0.1) is 0 Å². The molecule has 2 aliphatic rings. The predicted octanol–water partition coefficient (Wildman–Crippen LogP) is 1.34. The average Bonchev–Trinajstić information content (AvgIpc) is 3.10. The number of carbonyl (C=O) groups is 1. The van der Waals surface area contributed by atoms with Crippen molar-refractivity contribution in [1.82, 2.24) is 14.7 Å². The number of halogens is 1. The fraction of sp³-hybridized carbons (Fsp3) is 0.714. The number of hydrogen-bond donors (Lipinski definition) is 0. The second kappa shape index (κ2) is 6.56. The summed E-state index contributed by atoms with van der Waals surface area (Å²) in [5.74, 6) is 0.000767. The Balaban J connectivity index is 1.74. The first-order valence-electron chi connectivity index (χ1n) is 7.31. The topological polar surface area (TPSA) is 56.6 Å². The molecule has 116 valence electrons. The van der Waals surface area contributed by atoms with Crippen LogP contribution >= 0.6 is 15.9 Å². The molecule has 2 saturated heterocycles. The lowest BCUT2D eigenvalue weighted by atomic mass is 10.1. The van der Waals surface area contributed by atoms with Gasteiger partial charge >= 0.3 is 0 Å². The molecule has 0 aliphatic carbocycles. The quantitative estimate of drug-likeness (QED) is 0.744. The van der Waals surface area contributed by atoms with E-state index >= 15 is 0 Å². The lowest BCUT2D eigenvalue weighted by Crippen LogP contribution is -2.49. The molecule has 3 heterocycles. The molecular weight excluding hydrogens is 338 g/mol. The van der Waals surface area contributed by atoms with Crippen molar-refractivity contribution in [3.05, 3.63) is 16.4 Å². The number of ketones is 1. The van der Waals surface area contributed by atoms with E-state index in [1.807, 2.05) is 0 Å². The van der Waals surface area contributed by atoms with Crippen LogP contribution in [-0.4, -0.2) is 66.0 Å². The summed E-state index contributed by atoms with van der Waals surface area (Å²) in [5.41, 5.74) is 0.578. The molecule has 6 nitrogen and oxygen atoms in total. The van der Waals surface area contributed by atoms with Gasteiger partial charge in [0.05, 0.1) is 30.4 Å². The van der Waals surface area contributed by atoms with Crippen LogP contribution in [0.15, 0.2) is 10.7 Å². The van der Waals surface area contributed by atoms with Gasteiger partial charge in [0.15, 0.2) is 0 Å². The van der Waals surface area contributed by atoms with Crippen LogP contribution in [0.1, 0.15) is 23.3 Å². The van der Waals surface area contributed by atoms with Crippen LogP contribution in [0.2, 0.25) is 0 Å². The summed E-state index contributed by atoms with van der Waals surface area (Å²) < 4.78 is 13.3. The highest BCUT2D eigenvalue weighted by Gasteiger charge is 2.37. The van der Waals surface area contributed by atoms with E-state index in [0.717, 1.165) is 11.0 Å². The molecular formula is C14H20BrN3O3. The van der Waals surface area contributed by atoms with Gasteiger partial charge in [0.2, 0.25) is 5.78 Å². The molecule has 2 fully saturated rings. The third-order valence-electron chi connectivity index (χ3n) is 4.22. The molecule has 7 heteroatoms. The molecule has 1 aromatic heterocycles. The molecule has 0 spiro atoms. The Hall–Kier alpha value is -0.760. The van der Waals surface area contributed by atoms with Gasteiger partial charge in [-0.1, -0.05) is 0 Å². The number of methoxy groups -OCH3 is 1. The van der Waals surface area contributed by atoms with Gasteiger partial charge in [0, 0.05) is 19.7 Å². The van der Waals surface area contributed by atoms with E-state index in [-0.39, 0.29) is 5.78 Å². The molecule has 0 radical (unpaired) electrons. The maximum absolute atomic E-state index is 12.8. The number of carbonyl (C=O) groups excluding carboxylic acids is 1. The molecule has 2 aliphatic heterocycles. The summed E-state index contributed by atoms with van der Waals surface area (Å²) in [7, 11) is 1.64. The minimum atomic E-state index is -0.395. The zero-order valence-corrected chi connectivity index (χ0v) is 13.7. The monoisotopic (exact) mass is 357 g/mol. The normalized spacial score (nSPS) is 26.0. The van der Waals surface area contributed by atoms with E-state index in [9.17, 15) is 4.79 Å². The molecule has 0 N–H and O–H groups in total. The Kier molecular flexibility index (Phi) is 4.73. The fourth-order valence-electron chi connectivity index (χ4n) is 3.08. The van der Waals surface area contributed by atoms with Crippen molar-refractivity contribution in [3.63, 3.8) is 0 Å². The van der Waals surface area contributed by atoms with E-state index in [1.165, 1.54) is 12.8 Å². The SMILES string of the molecule is COCCn1ncc(Br)c1C(=O)C1CN2CCCC2CO1. The zero-order chi connectivity index (χ0) is 14.8. The van der Waals surface area contributed by atoms with E-state index < -0.39 is 6.10 Å². The van der Waals surface area contributed by atoms with Crippen LogP contribution in [-0.2, 0) is 16.0 Å². The Morgan fingerprint density at radius 1 is 1.62 bits per heavy atom. The third kappa shape index (κ3) is 3.06. The number of ether oxygens (including phenoxy) is 2. The highest BCUT2D eigenvalue weighted by molar-refractivity contribution is 9.10. The molecule has 0 bridgehead atoms. The number of fused-ring (bicyclic) bond motifs is 1. The van der Waals surface area contributed by atoms with Crippen molar-refractivity contribution in [3.8, 4) is 0 Å². The van der Waals surface area contributed by atoms with Gasteiger partial charge in [-0.15, -0.1) is 0 Å². The van der Waals surface area contributed by atoms with Gasteiger partial charge in [-0.2, -0.15) is 5.10 Å². The van der Waals surface area contributed by atoms with Crippen LogP contribution in [0.25, 0.3) is 0 Å². The summed E-state index contributed by atoms with van der Waals surface area (Å²) in [6, 6.07) is 0.496. The van der Waals surface area contributed by atoms with Crippen LogP contribution in [0.5, 0.6) is 0 Å². The van der Waals surface area contributed by atoms with Crippen molar-refractivity contribution < 1.29 is 14.3 Å². The van der Waals surface area contributed by atoms with Gasteiger partial charge in [-0.05, 0) is 35.3 Å². The summed E-state index contributed by atoms with van der Waals surface area (Å²) in [6.45, 7) is 3.49. The maximum Gasteiger partial charge on any atom is 0.211 e. The molecule has 2 atom stereocenters. The van der Waals surface area contributed by atoms with Gasteiger partial charge in [0.25, 0.3) is 0 Å². The Morgan fingerprint density at radius 3 is 3.29 bits per heavy atom. The van der Waals surface area contributed by atoms with E-state index in [1.54, 1.807) is 18.0 Å². The van der Waals surface area contributed by atoms with E-state index in [0.29, 0.717) is 38.0 Å². The van der Waals surface area contributed by atoms with Gasteiger partial charge in [-0.3, -0.25) is 14.4 Å². The van der Waals surface area contributed by atoms with E-state index in [2.05, 4.69) is 25.9 Å². The number of Topliss-reactive ketones (excluding diaryl/α,β-unsaturated/α-hetero) is 1. The lowest BCUT2D eigenvalue weighted by molar-refractivity contribution is -0.0349. The Labute approximate surface area is 132 Å². The summed E-state index contributed by atoms with van der Waals surface area (Å²) in [5, 5.41) is 4.24. The van der Waals surface area contributed by atoms with E-state index in [4.69, 9.17) is 9.47 Å². The minimum absolute atomic E-state index is 0.000767. The average molecular weight is 358 g/mol. The number of hydrogen-bond acceptors (Lipinski definition) is 5. The number of morpholine rings is 1. The first-order chi connectivity index (χ1) is 10.2. The highest BCUT2D eigenvalue weighted by atomic mass is 79.9. The molecule has 0 aromatic carbocycles. The van der Waals surface area contributed by atoms with Crippen molar-refractivity contribution in [1.29, 1.82) is 0 Å². The van der Waals surface area contributed by atoms with Crippen LogP contribution in [0.4, 0.5) is 0 Å². The Bertz CT molecular complexity index is 520. The molecule has 3 rings (SSSR count). The van der Waals surface area contributed by atoms with Gasteiger partial charge < -0.3 is 9.47 Å². The second-order valence-corrected chi connectivity index (χ2v) is 6.39. The van der Waals surface area contributed by atoms with Gasteiger partial charge in [0.1, 0.15) is 11.8 Å². The van der Waals surface area contributed by atoms with Crippen molar-refractivity contribution in [2.45, 2.75) is 31.5 Å². The zero-order valence-electron chi connectivity index (χ0n) is 12.1. The number of aromatic nitrogens is 2. The predicted molar refractivity (Wildman–Crippen MR) is 80.5 cm³/mol. The molecule has 0 amide bonds. The smallest absolute Gasteiger partial charge is 0.211 e. The van der Waals surface area contributed by atoms with Crippen molar-refractivity contribution in [2.75, 3.05) is 33.4 Å². The fourth-order valence-corrected chi connectivity index (χ4v) is 3.57. The standard InChI is InChI=1S/C14H20BrN3O3/c1-20-6-5-18-13(11(15)7-16-18)14(19)12-8-17-4-2-3-10(17)9-21-12/h7,10,12H,2-6,8-9H2,1H3. The maximum atomic E-state index is 12.8. The molecule has 1 aromatic rings. The first-order valence-corrected chi connectivity index (χ1v) is 8.10. The first kappa shape index (κ1) is 15.1. The molecule has 21 heavy (non-hydrogen) atoms. The van der Waals surface area contributed by atoms with Gasteiger partial charge in [-0.25, -0.2) is 0 Å². The summed E-state index contributed by atoms with van der Waals surface area (Å²) >= 11 is 3.42. The van der Waals surface area contributed by atoms with Crippen molar-refractivity contribution >= 4 is 21.7 Å². The summed E-state index contributed by atoms with van der Waals surface area (Å²) in [6.07, 6.45) is 3.64. The van der Waals surface area contributed by atoms with Crippen LogP contribution in [0.3, 0.4) is 0 Å². The Morgan fingerprint density at radius 2 is 2.48 bits per heavy atom.